The number of benzene rings is 2. The van der Waals surface area contributed by atoms with Gasteiger partial charge in [0.05, 0.1) is 6.04 Å². The molecule has 0 spiro atoms. The van der Waals surface area contributed by atoms with Crippen molar-refractivity contribution in [3.8, 4) is 0 Å². The standard InChI is InChI=1S/C25H34N4O2/c1-20-10-12-22(13-11-20)23(29-17-15-28(2)16-18-29)19-27-25(31)24(30)26-14-6-9-21-7-4-3-5-8-21/h3-5,7-8,10-13,23H,6,9,14-19H2,1-2H3,(H,26,30)(H,27,31)/t23-/m1/s1. The molecule has 0 aromatic heterocycles. The molecule has 1 heterocycles. The number of hydrogen-bond acceptors (Lipinski definition) is 4. The monoisotopic (exact) mass is 422 g/mol. The van der Waals surface area contributed by atoms with Gasteiger partial charge in [0.2, 0.25) is 0 Å². The van der Waals surface area contributed by atoms with Crippen LogP contribution in [0, 0.1) is 6.92 Å². The highest BCUT2D eigenvalue weighted by atomic mass is 16.2. The first-order valence-electron chi connectivity index (χ1n) is 11.1. The van der Waals surface area contributed by atoms with Crippen LogP contribution in [0.4, 0.5) is 0 Å². The number of piperazine rings is 1. The topological polar surface area (TPSA) is 64.7 Å². The summed E-state index contributed by atoms with van der Waals surface area (Å²) >= 11 is 0. The Morgan fingerprint density at radius 1 is 0.903 bits per heavy atom. The molecule has 0 saturated carbocycles. The molecule has 0 bridgehead atoms. The number of hydrogen-bond donors (Lipinski definition) is 2. The lowest BCUT2D eigenvalue weighted by molar-refractivity contribution is -0.139. The first-order valence-corrected chi connectivity index (χ1v) is 11.1. The molecular formula is C25H34N4O2. The lowest BCUT2D eigenvalue weighted by Gasteiger charge is -2.38. The number of amides is 2. The number of nitrogens with zero attached hydrogens (tertiary/aromatic N) is 2. The van der Waals surface area contributed by atoms with Gasteiger partial charge in [-0.15, -0.1) is 0 Å². The van der Waals surface area contributed by atoms with Crippen LogP contribution in [0.1, 0.15) is 29.2 Å². The maximum absolute atomic E-state index is 12.4. The Balaban J connectivity index is 1.49. The highest BCUT2D eigenvalue weighted by molar-refractivity contribution is 6.35. The van der Waals surface area contributed by atoms with Crippen LogP contribution in [0.3, 0.4) is 0 Å². The van der Waals surface area contributed by atoms with Crippen LogP contribution in [0.25, 0.3) is 0 Å². The Labute approximate surface area is 185 Å². The molecule has 6 nitrogen and oxygen atoms in total. The van der Waals surface area contributed by atoms with Crippen molar-refractivity contribution in [3.05, 3.63) is 71.3 Å². The molecular weight excluding hydrogens is 388 g/mol. The van der Waals surface area contributed by atoms with Crippen molar-refractivity contribution in [3.63, 3.8) is 0 Å². The van der Waals surface area contributed by atoms with Gasteiger partial charge < -0.3 is 15.5 Å². The van der Waals surface area contributed by atoms with Crippen LogP contribution >= 0.6 is 0 Å². The smallest absolute Gasteiger partial charge is 0.309 e. The molecule has 6 heteroatoms. The van der Waals surface area contributed by atoms with Crippen LogP contribution in [0.5, 0.6) is 0 Å². The fourth-order valence-corrected chi connectivity index (χ4v) is 3.87. The summed E-state index contributed by atoms with van der Waals surface area (Å²) in [6.45, 7) is 6.85. The number of rotatable bonds is 8. The van der Waals surface area contributed by atoms with Crippen LogP contribution in [0.2, 0.25) is 0 Å². The first-order chi connectivity index (χ1) is 15.0. The lowest BCUT2D eigenvalue weighted by Crippen LogP contribution is -2.49. The van der Waals surface area contributed by atoms with Crippen molar-refractivity contribution < 1.29 is 9.59 Å². The summed E-state index contributed by atoms with van der Waals surface area (Å²) in [5, 5.41) is 5.59. The van der Waals surface area contributed by atoms with E-state index in [-0.39, 0.29) is 6.04 Å². The van der Waals surface area contributed by atoms with E-state index in [0.717, 1.165) is 39.0 Å². The first kappa shape index (κ1) is 23.0. The minimum Gasteiger partial charge on any atom is -0.348 e. The normalized spacial score (nSPS) is 15.9. The summed E-state index contributed by atoms with van der Waals surface area (Å²) in [4.78, 5) is 29.3. The van der Waals surface area contributed by atoms with Crippen molar-refractivity contribution in [2.45, 2.75) is 25.8 Å². The van der Waals surface area contributed by atoms with Crippen LogP contribution in [0.15, 0.2) is 54.6 Å². The molecule has 31 heavy (non-hydrogen) atoms. The van der Waals surface area contributed by atoms with Crippen molar-refractivity contribution >= 4 is 11.8 Å². The minimum atomic E-state index is -0.564. The van der Waals surface area contributed by atoms with Crippen molar-refractivity contribution in [2.24, 2.45) is 0 Å². The van der Waals surface area contributed by atoms with E-state index in [1.54, 1.807) is 0 Å². The molecule has 2 aromatic carbocycles. The Bertz CT molecular complexity index is 830. The van der Waals surface area contributed by atoms with Gasteiger partial charge in [-0.25, -0.2) is 0 Å². The summed E-state index contributed by atoms with van der Waals surface area (Å²) in [6.07, 6.45) is 1.68. The fraction of sp³-hybridized carbons (Fsp3) is 0.440. The molecule has 3 rings (SSSR count). The SMILES string of the molecule is Cc1ccc([C@@H](CNC(=O)C(=O)NCCCc2ccccc2)N2CCN(C)CC2)cc1. The van der Waals surface area contributed by atoms with Gasteiger partial charge in [-0.1, -0.05) is 60.2 Å². The molecule has 2 aromatic rings. The average molecular weight is 423 g/mol. The molecule has 1 atom stereocenters. The molecule has 0 aliphatic carbocycles. The second-order valence-electron chi connectivity index (χ2n) is 8.32. The van der Waals surface area contributed by atoms with Crippen LogP contribution < -0.4 is 10.6 Å². The fourth-order valence-electron chi connectivity index (χ4n) is 3.87. The zero-order valence-electron chi connectivity index (χ0n) is 18.6. The second-order valence-corrected chi connectivity index (χ2v) is 8.32. The highest BCUT2D eigenvalue weighted by Gasteiger charge is 2.25. The van der Waals surface area contributed by atoms with E-state index in [1.807, 2.05) is 18.2 Å². The zero-order valence-corrected chi connectivity index (χ0v) is 18.6. The average Bonchev–Trinajstić information content (AvgIpc) is 2.79. The van der Waals surface area contributed by atoms with Crippen molar-refractivity contribution in [2.75, 3.05) is 46.3 Å². The van der Waals surface area contributed by atoms with Gasteiger partial charge >= 0.3 is 11.8 Å². The zero-order chi connectivity index (χ0) is 22.1. The molecule has 1 saturated heterocycles. The van der Waals surface area contributed by atoms with Gasteiger partial charge in [-0.05, 0) is 37.9 Å². The van der Waals surface area contributed by atoms with E-state index in [4.69, 9.17) is 0 Å². The van der Waals surface area contributed by atoms with Crippen LogP contribution in [-0.4, -0.2) is 67.9 Å². The molecule has 166 valence electrons. The third-order valence-electron chi connectivity index (χ3n) is 5.87. The molecule has 1 fully saturated rings. The molecule has 0 radical (unpaired) electrons. The molecule has 1 aliphatic rings. The van der Waals surface area contributed by atoms with Gasteiger partial charge in [-0.2, -0.15) is 0 Å². The lowest BCUT2D eigenvalue weighted by atomic mass is 10.0. The molecule has 2 amide bonds. The van der Waals surface area contributed by atoms with E-state index in [2.05, 4.69) is 70.8 Å². The third-order valence-corrected chi connectivity index (χ3v) is 5.87. The van der Waals surface area contributed by atoms with E-state index in [9.17, 15) is 9.59 Å². The third kappa shape index (κ3) is 7.19. The number of likely N-dealkylation sites (N-methyl/N-ethyl adjacent to an activating group) is 1. The Hall–Kier alpha value is -2.70. The van der Waals surface area contributed by atoms with Gasteiger partial charge in [0, 0.05) is 39.3 Å². The minimum absolute atomic E-state index is 0.0594. The number of carbonyl (C=O) groups is 2. The molecule has 1 aliphatic heterocycles. The summed E-state index contributed by atoms with van der Waals surface area (Å²) in [6, 6.07) is 18.6. The Morgan fingerprint density at radius 2 is 1.55 bits per heavy atom. The van der Waals surface area contributed by atoms with Crippen molar-refractivity contribution in [1.29, 1.82) is 0 Å². The van der Waals surface area contributed by atoms with Gasteiger partial charge in [-0.3, -0.25) is 14.5 Å². The molecule has 2 N–H and O–H groups in total. The highest BCUT2D eigenvalue weighted by Crippen LogP contribution is 2.22. The van der Waals surface area contributed by atoms with Crippen molar-refractivity contribution in [1.82, 2.24) is 20.4 Å². The quantitative estimate of drug-likeness (QED) is 0.505. The Kier molecular flexibility index (Phi) is 8.62. The number of aryl methyl sites for hydroxylation is 2. The predicted octanol–water partition coefficient (Wildman–Crippen LogP) is 2.15. The maximum atomic E-state index is 12.4. The summed E-state index contributed by atoms with van der Waals surface area (Å²) in [7, 11) is 2.13. The summed E-state index contributed by atoms with van der Waals surface area (Å²) in [5.74, 6) is -1.12. The van der Waals surface area contributed by atoms with Gasteiger partial charge in [0.25, 0.3) is 0 Å². The second kappa shape index (κ2) is 11.6. The van der Waals surface area contributed by atoms with Gasteiger partial charge in [0.15, 0.2) is 0 Å². The summed E-state index contributed by atoms with van der Waals surface area (Å²) < 4.78 is 0. The number of carbonyl (C=O) groups excluding carboxylic acids is 2. The van der Waals surface area contributed by atoms with E-state index in [0.29, 0.717) is 13.1 Å². The maximum Gasteiger partial charge on any atom is 0.309 e. The summed E-state index contributed by atoms with van der Waals surface area (Å²) in [5.41, 5.74) is 3.60. The number of nitrogens with one attached hydrogen (secondary N) is 2. The molecule has 0 unspecified atom stereocenters. The van der Waals surface area contributed by atoms with E-state index in [1.165, 1.54) is 16.7 Å². The van der Waals surface area contributed by atoms with Crippen LogP contribution in [-0.2, 0) is 16.0 Å². The predicted molar refractivity (Wildman–Crippen MR) is 124 cm³/mol. The van der Waals surface area contributed by atoms with E-state index < -0.39 is 11.8 Å². The Morgan fingerprint density at radius 3 is 2.23 bits per heavy atom. The van der Waals surface area contributed by atoms with E-state index >= 15 is 0 Å². The largest absolute Gasteiger partial charge is 0.348 e. The van der Waals surface area contributed by atoms with Gasteiger partial charge in [0.1, 0.15) is 0 Å².